The van der Waals surface area contributed by atoms with Gasteiger partial charge in [-0.15, -0.1) is 0 Å². The first-order chi connectivity index (χ1) is 7.13. The zero-order chi connectivity index (χ0) is 12.9. The van der Waals surface area contributed by atoms with E-state index in [9.17, 15) is 14.4 Å². The van der Waals surface area contributed by atoms with E-state index in [0.717, 1.165) is 0 Å². The van der Waals surface area contributed by atoms with Crippen molar-refractivity contribution in [2.45, 2.75) is 26.7 Å². The van der Waals surface area contributed by atoms with Crippen LogP contribution in [0.1, 0.15) is 26.7 Å². The minimum Gasteiger partial charge on any atom is -0.290 e. The largest absolute Gasteiger partial charge is 0.404 e. The van der Waals surface area contributed by atoms with Crippen LogP contribution in [-0.4, -0.2) is 38.2 Å². The van der Waals surface area contributed by atoms with Crippen LogP contribution in [0.5, 0.6) is 0 Å². The Hall–Kier alpha value is -0.680. The molecule has 0 aromatic carbocycles. The van der Waals surface area contributed by atoms with Crippen molar-refractivity contribution >= 4 is 25.3 Å². The minimum absolute atomic E-state index is 0.0117. The Balaban J connectivity index is 4.20. The molecule has 16 heavy (non-hydrogen) atoms. The van der Waals surface area contributed by atoms with Gasteiger partial charge in [0.25, 0.3) is 5.78 Å². The summed E-state index contributed by atoms with van der Waals surface area (Å²) in [5, 5.41) is 0. The lowest BCUT2D eigenvalue weighted by molar-refractivity contribution is -0.144. The lowest BCUT2D eigenvalue weighted by Gasteiger charge is -2.03. The molecule has 0 aromatic rings. The lowest BCUT2D eigenvalue weighted by Crippen LogP contribution is -2.25. The van der Waals surface area contributed by atoms with Crippen LogP contribution in [0.25, 0.3) is 0 Å². The third-order valence-corrected chi connectivity index (χ3v) is 2.56. The van der Waals surface area contributed by atoms with Crippen molar-refractivity contribution < 1.29 is 29.1 Å². The van der Waals surface area contributed by atoms with E-state index in [2.05, 4.69) is 0 Å². The third kappa shape index (κ3) is 6.74. The van der Waals surface area contributed by atoms with Crippen molar-refractivity contribution in [1.82, 2.24) is 0 Å². The van der Waals surface area contributed by atoms with Gasteiger partial charge in [0, 0.05) is 6.42 Å². The Kier molecular flexibility index (Phi) is 5.89. The van der Waals surface area contributed by atoms with Crippen LogP contribution in [0.15, 0.2) is 0 Å². The molecule has 0 unspecified atom stereocenters. The molecular weight excluding hydrogens is 235 g/mol. The van der Waals surface area contributed by atoms with Gasteiger partial charge in [0.05, 0.1) is 6.42 Å². The standard InChI is InChI=1S/C9H16O6P/c1-6(2)5-8(11)9(12)7(10)3-4-16(13,14)15/h6,13-15H,3-5H2,1-2H3/q+1. The van der Waals surface area contributed by atoms with Crippen molar-refractivity contribution in [3.8, 4) is 0 Å². The molecule has 0 spiro atoms. The number of carbonyl (C=O) groups is 3. The molecule has 0 radical (unpaired) electrons. The van der Waals surface area contributed by atoms with Gasteiger partial charge in [-0.3, -0.25) is 14.4 Å². The van der Waals surface area contributed by atoms with Gasteiger partial charge >= 0.3 is 7.94 Å². The second kappa shape index (κ2) is 6.15. The van der Waals surface area contributed by atoms with Crippen LogP contribution in [-0.2, 0) is 14.4 Å². The fourth-order valence-corrected chi connectivity index (χ4v) is 1.49. The maximum atomic E-state index is 11.2. The first-order valence-electron chi connectivity index (χ1n) is 4.80. The molecule has 0 saturated heterocycles. The van der Waals surface area contributed by atoms with Crippen molar-refractivity contribution in [1.29, 1.82) is 0 Å². The number of Topliss-reactive ketones (excluding diaryl/α,β-unsaturated/α-hetero) is 3. The number of hydrogen-bond donors (Lipinski definition) is 3. The molecule has 0 aliphatic heterocycles. The van der Waals surface area contributed by atoms with Crippen molar-refractivity contribution in [3.63, 3.8) is 0 Å². The highest BCUT2D eigenvalue weighted by molar-refractivity contribution is 7.58. The normalized spacial score (nSPS) is 11.6. The van der Waals surface area contributed by atoms with E-state index in [1.54, 1.807) is 13.8 Å². The van der Waals surface area contributed by atoms with Crippen LogP contribution < -0.4 is 0 Å². The molecular formula is C9H16O6P+. The summed E-state index contributed by atoms with van der Waals surface area (Å²) in [6, 6.07) is 0. The van der Waals surface area contributed by atoms with Gasteiger partial charge in [-0.25, -0.2) is 0 Å². The first-order valence-corrected chi connectivity index (χ1v) is 6.63. The van der Waals surface area contributed by atoms with Gasteiger partial charge in [0.1, 0.15) is 6.16 Å². The summed E-state index contributed by atoms with van der Waals surface area (Å²) < 4.78 is 0. The van der Waals surface area contributed by atoms with E-state index < -0.39 is 37.9 Å². The van der Waals surface area contributed by atoms with E-state index in [0.29, 0.717) is 0 Å². The maximum absolute atomic E-state index is 11.2. The highest BCUT2D eigenvalue weighted by Crippen LogP contribution is 2.44. The summed E-state index contributed by atoms with van der Waals surface area (Å²) in [4.78, 5) is 59.3. The van der Waals surface area contributed by atoms with Gasteiger partial charge in [0.2, 0.25) is 11.6 Å². The smallest absolute Gasteiger partial charge is 0.290 e. The molecule has 0 bridgehead atoms. The SMILES string of the molecule is CC(C)CC(=O)C(=O)C(=O)CC[P+](O)(O)O. The molecule has 0 aliphatic carbocycles. The Morgan fingerprint density at radius 2 is 1.56 bits per heavy atom. The number of ketones is 3. The van der Waals surface area contributed by atoms with Gasteiger partial charge in [0.15, 0.2) is 0 Å². The average molecular weight is 251 g/mol. The van der Waals surface area contributed by atoms with Crippen LogP contribution in [0.4, 0.5) is 0 Å². The second-order valence-electron chi connectivity index (χ2n) is 3.94. The van der Waals surface area contributed by atoms with Crippen molar-refractivity contribution in [3.05, 3.63) is 0 Å². The van der Waals surface area contributed by atoms with Crippen molar-refractivity contribution in [2.24, 2.45) is 5.92 Å². The van der Waals surface area contributed by atoms with Crippen LogP contribution in [0, 0.1) is 5.92 Å². The van der Waals surface area contributed by atoms with Crippen molar-refractivity contribution in [2.75, 3.05) is 6.16 Å². The molecule has 0 rings (SSSR count). The molecule has 0 atom stereocenters. The van der Waals surface area contributed by atoms with Gasteiger partial charge in [-0.2, -0.15) is 14.7 Å². The molecule has 0 amide bonds. The Bertz CT molecular complexity index is 291. The van der Waals surface area contributed by atoms with E-state index in [4.69, 9.17) is 14.7 Å². The van der Waals surface area contributed by atoms with E-state index in [-0.39, 0.29) is 12.3 Å². The Morgan fingerprint density at radius 1 is 1.06 bits per heavy atom. The van der Waals surface area contributed by atoms with Crippen LogP contribution >= 0.6 is 7.94 Å². The molecule has 0 aromatic heterocycles. The molecule has 0 heterocycles. The molecule has 7 heteroatoms. The molecule has 0 fully saturated rings. The van der Waals surface area contributed by atoms with Crippen LogP contribution in [0.3, 0.4) is 0 Å². The highest BCUT2D eigenvalue weighted by Gasteiger charge is 2.33. The molecule has 6 nitrogen and oxygen atoms in total. The Labute approximate surface area is 93.9 Å². The van der Waals surface area contributed by atoms with Gasteiger partial charge < -0.3 is 0 Å². The summed E-state index contributed by atoms with van der Waals surface area (Å²) in [6.07, 6.45) is -1.13. The van der Waals surface area contributed by atoms with E-state index in [1.165, 1.54) is 0 Å². The van der Waals surface area contributed by atoms with Gasteiger partial charge in [-0.1, -0.05) is 13.8 Å². The number of hydrogen-bond acceptors (Lipinski definition) is 6. The fraction of sp³-hybridized carbons (Fsp3) is 0.667. The second-order valence-corrected chi connectivity index (χ2v) is 5.77. The molecule has 0 aliphatic rings. The zero-order valence-electron chi connectivity index (χ0n) is 9.21. The molecule has 92 valence electrons. The monoisotopic (exact) mass is 251 g/mol. The number of carbonyl (C=O) groups excluding carboxylic acids is 3. The zero-order valence-corrected chi connectivity index (χ0v) is 10.1. The average Bonchev–Trinajstić information content (AvgIpc) is 2.10. The number of rotatable bonds is 7. The molecule has 0 saturated carbocycles. The minimum atomic E-state index is -4.05. The van der Waals surface area contributed by atoms with E-state index >= 15 is 0 Å². The molecule has 3 N–H and O–H groups in total. The van der Waals surface area contributed by atoms with E-state index in [1.807, 2.05) is 0 Å². The lowest BCUT2D eigenvalue weighted by atomic mass is 10.0. The predicted octanol–water partition coefficient (Wildman–Crippen LogP) is -0.131. The summed E-state index contributed by atoms with van der Waals surface area (Å²) in [5.74, 6) is -2.93. The third-order valence-electron chi connectivity index (χ3n) is 1.74. The Morgan fingerprint density at radius 3 is 1.94 bits per heavy atom. The quantitative estimate of drug-likeness (QED) is 0.330. The highest BCUT2D eigenvalue weighted by atomic mass is 31.2. The summed E-state index contributed by atoms with van der Waals surface area (Å²) in [5.41, 5.74) is 0. The maximum Gasteiger partial charge on any atom is 0.404 e. The predicted molar refractivity (Wildman–Crippen MR) is 57.5 cm³/mol. The fourth-order valence-electron chi connectivity index (χ4n) is 0.984. The van der Waals surface area contributed by atoms with Crippen LogP contribution in [0.2, 0.25) is 0 Å². The summed E-state index contributed by atoms with van der Waals surface area (Å²) in [6.45, 7) is 3.47. The summed E-state index contributed by atoms with van der Waals surface area (Å²) in [7, 11) is -4.05. The first kappa shape index (κ1) is 15.3. The topological polar surface area (TPSA) is 112 Å². The summed E-state index contributed by atoms with van der Waals surface area (Å²) >= 11 is 0. The van der Waals surface area contributed by atoms with Gasteiger partial charge in [-0.05, 0) is 5.92 Å².